The molecule has 2 aromatic rings. The molecule has 0 aromatic heterocycles. The largest absolute Gasteiger partial charge is 0.497 e. The fourth-order valence-corrected chi connectivity index (χ4v) is 3.52. The van der Waals surface area contributed by atoms with Crippen LogP contribution in [0.4, 0.5) is 0 Å². The Bertz CT molecular complexity index is 846. The topological polar surface area (TPSA) is 54.3 Å². The van der Waals surface area contributed by atoms with Crippen molar-refractivity contribution in [3.8, 4) is 5.75 Å². The molecule has 0 aliphatic carbocycles. The number of nitrogens with zero attached hydrogens (tertiary/aromatic N) is 3. The van der Waals surface area contributed by atoms with E-state index in [1.807, 2.05) is 62.4 Å². The average molecular weight is 367 g/mol. The lowest BCUT2D eigenvalue weighted by Crippen LogP contribution is -2.31. The van der Waals surface area contributed by atoms with E-state index in [9.17, 15) is 4.79 Å². The lowest BCUT2D eigenvalue weighted by molar-refractivity contribution is -0.126. The van der Waals surface area contributed by atoms with Gasteiger partial charge in [0.2, 0.25) is 5.91 Å². The van der Waals surface area contributed by atoms with Crippen molar-refractivity contribution < 1.29 is 9.53 Å². The van der Waals surface area contributed by atoms with Gasteiger partial charge in [-0.15, -0.1) is 5.10 Å². The fourth-order valence-electron chi connectivity index (χ4n) is 2.60. The minimum absolute atomic E-state index is 0.0663. The highest BCUT2D eigenvalue weighted by molar-refractivity contribution is 8.15. The number of aryl methyl sites for hydroxylation is 1. The number of rotatable bonds is 5. The van der Waals surface area contributed by atoms with Crippen LogP contribution in [0.3, 0.4) is 0 Å². The molecule has 134 valence electrons. The minimum atomic E-state index is -0.144. The summed E-state index contributed by atoms with van der Waals surface area (Å²) in [6, 6.07) is 15.6. The van der Waals surface area contributed by atoms with Gasteiger partial charge in [-0.25, -0.2) is 0 Å². The number of amides is 1. The first-order valence-electron chi connectivity index (χ1n) is 8.36. The molecule has 1 saturated heterocycles. The highest BCUT2D eigenvalue weighted by atomic mass is 32.2. The Hall–Kier alpha value is -2.60. The SMILES string of the molecule is COc1ccc(/C=N/N=C2/SC(C)C(=O)N2Cc2ccccc2C)cc1. The van der Waals surface area contributed by atoms with Gasteiger partial charge in [0.15, 0.2) is 5.17 Å². The van der Waals surface area contributed by atoms with Crippen LogP contribution in [0.25, 0.3) is 0 Å². The van der Waals surface area contributed by atoms with Crippen LogP contribution in [0.2, 0.25) is 0 Å². The van der Waals surface area contributed by atoms with Crippen LogP contribution in [0, 0.1) is 6.92 Å². The van der Waals surface area contributed by atoms with Crippen molar-refractivity contribution >= 4 is 29.1 Å². The zero-order valence-corrected chi connectivity index (χ0v) is 15.9. The number of carbonyl (C=O) groups is 1. The smallest absolute Gasteiger partial charge is 0.242 e. The summed E-state index contributed by atoms with van der Waals surface area (Å²) in [5, 5.41) is 8.95. The van der Waals surface area contributed by atoms with E-state index < -0.39 is 0 Å². The number of hydrogen-bond acceptors (Lipinski definition) is 5. The molecule has 2 aromatic carbocycles. The maximum absolute atomic E-state index is 12.5. The van der Waals surface area contributed by atoms with Crippen molar-refractivity contribution in [1.29, 1.82) is 0 Å². The van der Waals surface area contributed by atoms with E-state index in [-0.39, 0.29) is 11.2 Å². The number of carbonyl (C=O) groups excluding carboxylic acids is 1. The summed E-state index contributed by atoms with van der Waals surface area (Å²) in [5.74, 6) is 0.861. The zero-order chi connectivity index (χ0) is 18.5. The molecule has 1 aliphatic heterocycles. The normalized spacial score (nSPS) is 18.9. The first-order valence-corrected chi connectivity index (χ1v) is 9.24. The van der Waals surface area contributed by atoms with Gasteiger partial charge in [-0.2, -0.15) is 5.10 Å². The first kappa shape index (κ1) is 18.2. The maximum atomic E-state index is 12.5. The Kier molecular flexibility index (Phi) is 5.73. The van der Waals surface area contributed by atoms with Crippen LogP contribution in [0.1, 0.15) is 23.6 Å². The number of amidine groups is 1. The second-order valence-corrected chi connectivity index (χ2v) is 7.32. The molecule has 1 aliphatic rings. The number of hydrogen-bond donors (Lipinski definition) is 0. The van der Waals surface area contributed by atoms with Gasteiger partial charge in [0.25, 0.3) is 0 Å². The molecule has 0 saturated carbocycles. The molecule has 26 heavy (non-hydrogen) atoms. The van der Waals surface area contributed by atoms with Crippen LogP contribution in [0.5, 0.6) is 5.75 Å². The predicted molar refractivity (Wildman–Crippen MR) is 107 cm³/mol. The summed E-state index contributed by atoms with van der Waals surface area (Å²) in [7, 11) is 1.63. The lowest BCUT2D eigenvalue weighted by atomic mass is 10.1. The highest BCUT2D eigenvalue weighted by Gasteiger charge is 2.35. The first-order chi connectivity index (χ1) is 12.6. The summed E-state index contributed by atoms with van der Waals surface area (Å²) in [5.41, 5.74) is 3.19. The Morgan fingerprint density at radius 2 is 1.92 bits per heavy atom. The Morgan fingerprint density at radius 3 is 2.62 bits per heavy atom. The average Bonchev–Trinajstić information content (AvgIpc) is 2.92. The van der Waals surface area contributed by atoms with Crippen molar-refractivity contribution in [3.63, 3.8) is 0 Å². The zero-order valence-electron chi connectivity index (χ0n) is 15.0. The predicted octanol–water partition coefficient (Wildman–Crippen LogP) is 3.86. The molecular formula is C20H21N3O2S. The van der Waals surface area contributed by atoms with Gasteiger partial charge < -0.3 is 4.74 Å². The van der Waals surface area contributed by atoms with Crippen LogP contribution >= 0.6 is 11.8 Å². The lowest BCUT2D eigenvalue weighted by Gasteiger charge is -2.16. The van der Waals surface area contributed by atoms with Gasteiger partial charge in [-0.3, -0.25) is 9.69 Å². The standard InChI is InChI=1S/C20H21N3O2S/c1-14-6-4-5-7-17(14)13-23-19(24)15(2)26-20(23)22-21-12-16-8-10-18(25-3)11-9-16/h4-12,15H,13H2,1-3H3/b21-12+,22-20+. The van der Waals surface area contributed by atoms with Crippen LogP contribution in [-0.2, 0) is 11.3 Å². The Labute approximate surface area is 157 Å². The van der Waals surface area contributed by atoms with Gasteiger partial charge in [-0.05, 0) is 54.8 Å². The molecule has 1 atom stereocenters. The van der Waals surface area contributed by atoms with E-state index >= 15 is 0 Å². The van der Waals surface area contributed by atoms with Crippen molar-refractivity contribution in [2.75, 3.05) is 7.11 Å². The van der Waals surface area contributed by atoms with Gasteiger partial charge in [0, 0.05) is 0 Å². The number of benzene rings is 2. The van der Waals surface area contributed by atoms with E-state index in [0.29, 0.717) is 11.7 Å². The van der Waals surface area contributed by atoms with Crippen molar-refractivity contribution in [3.05, 3.63) is 65.2 Å². The number of ether oxygens (including phenoxy) is 1. The molecule has 0 N–H and O–H groups in total. The summed E-state index contributed by atoms with van der Waals surface area (Å²) in [6.07, 6.45) is 1.67. The molecule has 3 rings (SSSR count). The molecular weight excluding hydrogens is 346 g/mol. The second-order valence-electron chi connectivity index (χ2n) is 6.01. The minimum Gasteiger partial charge on any atom is -0.497 e. The molecule has 0 radical (unpaired) electrons. The maximum Gasteiger partial charge on any atom is 0.242 e. The molecule has 6 heteroatoms. The quantitative estimate of drug-likeness (QED) is 0.596. The second kappa shape index (κ2) is 8.19. The van der Waals surface area contributed by atoms with Gasteiger partial charge in [-0.1, -0.05) is 36.0 Å². The van der Waals surface area contributed by atoms with Crippen LogP contribution in [-0.4, -0.2) is 34.5 Å². The third-order valence-corrected chi connectivity index (χ3v) is 5.25. The number of methoxy groups -OCH3 is 1. The van der Waals surface area contributed by atoms with Gasteiger partial charge in [0.05, 0.1) is 25.1 Å². The summed E-state index contributed by atoms with van der Waals surface area (Å²) < 4.78 is 5.14. The summed E-state index contributed by atoms with van der Waals surface area (Å²) >= 11 is 1.44. The number of thioether (sulfide) groups is 1. The Morgan fingerprint density at radius 1 is 1.19 bits per heavy atom. The van der Waals surface area contributed by atoms with E-state index in [1.165, 1.54) is 11.8 Å². The third-order valence-electron chi connectivity index (χ3n) is 4.18. The Balaban J connectivity index is 1.77. The van der Waals surface area contributed by atoms with Crippen LogP contribution < -0.4 is 4.74 Å². The summed E-state index contributed by atoms with van der Waals surface area (Å²) in [4.78, 5) is 14.2. The molecule has 0 bridgehead atoms. The van der Waals surface area contributed by atoms with Gasteiger partial charge >= 0.3 is 0 Å². The van der Waals surface area contributed by atoms with Crippen molar-refractivity contribution in [2.45, 2.75) is 25.6 Å². The highest BCUT2D eigenvalue weighted by Crippen LogP contribution is 2.29. The molecule has 5 nitrogen and oxygen atoms in total. The van der Waals surface area contributed by atoms with Crippen molar-refractivity contribution in [2.24, 2.45) is 10.2 Å². The molecule has 0 spiro atoms. The van der Waals surface area contributed by atoms with Gasteiger partial charge in [0.1, 0.15) is 5.75 Å². The van der Waals surface area contributed by atoms with E-state index in [0.717, 1.165) is 22.4 Å². The van der Waals surface area contributed by atoms with E-state index in [2.05, 4.69) is 10.2 Å². The van der Waals surface area contributed by atoms with Crippen molar-refractivity contribution in [1.82, 2.24) is 4.90 Å². The monoisotopic (exact) mass is 367 g/mol. The third kappa shape index (κ3) is 4.14. The molecule has 1 unspecified atom stereocenters. The van der Waals surface area contributed by atoms with Crippen LogP contribution in [0.15, 0.2) is 58.7 Å². The summed E-state index contributed by atoms with van der Waals surface area (Å²) in [6.45, 7) is 4.46. The molecule has 1 fully saturated rings. The molecule has 1 heterocycles. The fraction of sp³-hybridized carbons (Fsp3) is 0.250. The van der Waals surface area contributed by atoms with E-state index in [4.69, 9.17) is 4.74 Å². The molecule has 1 amide bonds. The van der Waals surface area contributed by atoms with E-state index in [1.54, 1.807) is 18.2 Å².